The van der Waals surface area contributed by atoms with Crippen molar-refractivity contribution in [3.8, 4) is 0 Å². The van der Waals surface area contributed by atoms with Gasteiger partial charge < -0.3 is 5.11 Å². The monoisotopic (exact) mass is 267 g/mol. The fraction of sp³-hybridized carbons (Fsp3) is 0.923. The summed E-state index contributed by atoms with van der Waals surface area (Å²) in [6, 6.07) is 0.838. The lowest BCUT2D eigenvalue weighted by atomic mass is 9.94. The normalized spacial score (nSPS) is 17.5. The molecule has 1 heterocycles. The summed E-state index contributed by atoms with van der Waals surface area (Å²) < 4.78 is 1.87. The predicted molar refractivity (Wildman–Crippen MR) is 72.6 cm³/mol. The third-order valence-corrected chi connectivity index (χ3v) is 3.87. The van der Waals surface area contributed by atoms with Crippen LogP contribution in [0.3, 0.4) is 0 Å². The standard InChI is InChI=1S/C13H25N5O/c1-11(2)18-13(14-15-16-18)10-17(8-9-19)12-6-4-3-5-7-12/h11-12,19H,3-10H2,1-2H3. The van der Waals surface area contributed by atoms with Crippen LogP contribution < -0.4 is 0 Å². The third-order valence-electron chi connectivity index (χ3n) is 3.87. The average molecular weight is 267 g/mol. The van der Waals surface area contributed by atoms with Crippen LogP contribution >= 0.6 is 0 Å². The van der Waals surface area contributed by atoms with Crippen molar-refractivity contribution in [2.24, 2.45) is 0 Å². The first-order valence-electron chi connectivity index (χ1n) is 7.34. The molecule has 6 nitrogen and oxygen atoms in total. The third kappa shape index (κ3) is 3.73. The average Bonchev–Trinajstić information content (AvgIpc) is 2.88. The molecule has 1 saturated carbocycles. The number of aliphatic hydroxyl groups excluding tert-OH is 1. The highest BCUT2D eigenvalue weighted by Gasteiger charge is 2.23. The van der Waals surface area contributed by atoms with Gasteiger partial charge in [0.25, 0.3) is 0 Å². The minimum absolute atomic E-state index is 0.194. The van der Waals surface area contributed by atoms with E-state index < -0.39 is 0 Å². The zero-order valence-electron chi connectivity index (χ0n) is 12.0. The van der Waals surface area contributed by atoms with Gasteiger partial charge in [-0.1, -0.05) is 19.3 Å². The van der Waals surface area contributed by atoms with E-state index in [2.05, 4.69) is 34.3 Å². The molecule has 0 amide bonds. The van der Waals surface area contributed by atoms with Crippen LogP contribution in [0.15, 0.2) is 0 Å². The van der Waals surface area contributed by atoms with Crippen molar-refractivity contribution in [2.75, 3.05) is 13.2 Å². The van der Waals surface area contributed by atoms with Crippen LogP contribution in [0.2, 0.25) is 0 Å². The predicted octanol–water partition coefficient (Wildman–Crippen LogP) is 1.38. The van der Waals surface area contributed by atoms with Crippen LogP contribution in [0.1, 0.15) is 57.8 Å². The molecule has 19 heavy (non-hydrogen) atoms. The van der Waals surface area contributed by atoms with Crippen LogP contribution in [0.4, 0.5) is 0 Å². The number of nitrogens with zero attached hydrogens (tertiary/aromatic N) is 5. The quantitative estimate of drug-likeness (QED) is 0.843. The topological polar surface area (TPSA) is 67.1 Å². The fourth-order valence-electron chi connectivity index (χ4n) is 2.86. The van der Waals surface area contributed by atoms with Gasteiger partial charge in [0, 0.05) is 12.6 Å². The molecule has 1 aromatic rings. The second-order valence-corrected chi connectivity index (χ2v) is 5.62. The minimum atomic E-state index is 0.194. The number of hydrogen-bond acceptors (Lipinski definition) is 5. The first-order valence-corrected chi connectivity index (χ1v) is 7.34. The number of rotatable bonds is 6. The van der Waals surface area contributed by atoms with Crippen molar-refractivity contribution in [3.63, 3.8) is 0 Å². The largest absolute Gasteiger partial charge is 0.395 e. The Kier molecular flexibility index (Phi) is 5.27. The molecule has 0 spiro atoms. The van der Waals surface area contributed by atoms with Crippen molar-refractivity contribution in [3.05, 3.63) is 5.82 Å². The van der Waals surface area contributed by atoms with Gasteiger partial charge in [0.2, 0.25) is 0 Å². The van der Waals surface area contributed by atoms with Gasteiger partial charge in [0.15, 0.2) is 5.82 Å². The van der Waals surface area contributed by atoms with E-state index in [1.165, 1.54) is 32.1 Å². The lowest BCUT2D eigenvalue weighted by Crippen LogP contribution is -2.39. The smallest absolute Gasteiger partial charge is 0.165 e. The van der Waals surface area contributed by atoms with E-state index in [4.69, 9.17) is 0 Å². The van der Waals surface area contributed by atoms with Crippen molar-refractivity contribution >= 4 is 0 Å². The Hall–Kier alpha value is -1.01. The van der Waals surface area contributed by atoms with Crippen LogP contribution in [-0.4, -0.2) is 49.4 Å². The lowest BCUT2D eigenvalue weighted by molar-refractivity contribution is 0.112. The molecule has 1 fully saturated rings. The molecule has 6 heteroatoms. The molecule has 0 saturated heterocycles. The van der Waals surface area contributed by atoms with Crippen molar-refractivity contribution < 1.29 is 5.11 Å². The van der Waals surface area contributed by atoms with Crippen LogP contribution in [0.25, 0.3) is 0 Å². The van der Waals surface area contributed by atoms with E-state index in [0.29, 0.717) is 12.6 Å². The highest BCUT2D eigenvalue weighted by Crippen LogP contribution is 2.23. The number of aromatic nitrogens is 4. The summed E-state index contributed by atoms with van der Waals surface area (Å²) in [5, 5.41) is 21.2. The maximum Gasteiger partial charge on any atom is 0.165 e. The van der Waals surface area contributed by atoms with E-state index >= 15 is 0 Å². The molecule has 108 valence electrons. The Labute approximate surface area is 114 Å². The van der Waals surface area contributed by atoms with Gasteiger partial charge in [-0.25, -0.2) is 4.68 Å². The van der Waals surface area contributed by atoms with Crippen molar-refractivity contribution in [1.29, 1.82) is 0 Å². The minimum Gasteiger partial charge on any atom is -0.395 e. The Morgan fingerprint density at radius 3 is 2.68 bits per heavy atom. The summed E-state index contributed by atoms with van der Waals surface area (Å²) in [6.07, 6.45) is 6.38. The molecular formula is C13H25N5O. The van der Waals surface area contributed by atoms with Gasteiger partial charge in [0.1, 0.15) is 0 Å². The molecule has 1 aliphatic rings. The molecular weight excluding hydrogens is 242 g/mol. The van der Waals surface area contributed by atoms with E-state index in [9.17, 15) is 5.11 Å². The van der Waals surface area contributed by atoms with Crippen LogP contribution in [-0.2, 0) is 6.54 Å². The summed E-state index contributed by atoms with van der Waals surface area (Å²) in [6.45, 7) is 5.79. The lowest BCUT2D eigenvalue weighted by Gasteiger charge is -2.33. The van der Waals surface area contributed by atoms with Gasteiger partial charge in [-0.3, -0.25) is 4.90 Å². The van der Waals surface area contributed by atoms with Gasteiger partial charge in [-0.15, -0.1) is 5.10 Å². The van der Waals surface area contributed by atoms with Gasteiger partial charge in [0.05, 0.1) is 19.2 Å². The molecule has 2 rings (SSSR count). The Bertz CT molecular complexity index is 373. The highest BCUT2D eigenvalue weighted by atomic mass is 16.3. The van der Waals surface area contributed by atoms with Gasteiger partial charge >= 0.3 is 0 Å². The summed E-state index contributed by atoms with van der Waals surface area (Å²) in [5.41, 5.74) is 0. The molecule has 0 bridgehead atoms. The second kappa shape index (κ2) is 6.96. The van der Waals surface area contributed by atoms with Crippen LogP contribution in [0, 0.1) is 0 Å². The SMILES string of the molecule is CC(C)n1nnnc1CN(CCO)C1CCCCC1. The Morgan fingerprint density at radius 2 is 2.05 bits per heavy atom. The zero-order valence-corrected chi connectivity index (χ0v) is 12.0. The van der Waals surface area contributed by atoms with E-state index in [0.717, 1.165) is 12.4 Å². The maximum absolute atomic E-state index is 9.27. The molecule has 1 aromatic heterocycles. The number of hydrogen-bond donors (Lipinski definition) is 1. The first kappa shape index (κ1) is 14.4. The fourth-order valence-corrected chi connectivity index (χ4v) is 2.86. The van der Waals surface area contributed by atoms with Gasteiger partial charge in [-0.05, 0) is 37.1 Å². The van der Waals surface area contributed by atoms with Gasteiger partial charge in [-0.2, -0.15) is 0 Å². The molecule has 1 N–H and O–H groups in total. The molecule has 0 aliphatic heterocycles. The first-order chi connectivity index (χ1) is 9.22. The molecule has 0 atom stereocenters. The van der Waals surface area contributed by atoms with Crippen molar-refractivity contribution in [1.82, 2.24) is 25.1 Å². The summed E-state index contributed by atoms with van der Waals surface area (Å²) in [5.74, 6) is 0.897. The molecule has 1 aliphatic carbocycles. The highest BCUT2D eigenvalue weighted by molar-refractivity contribution is 4.86. The Morgan fingerprint density at radius 1 is 1.32 bits per heavy atom. The number of tetrazole rings is 1. The van der Waals surface area contributed by atoms with E-state index in [-0.39, 0.29) is 12.6 Å². The number of aliphatic hydroxyl groups is 1. The summed E-state index contributed by atoms with van der Waals surface area (Å²) >= 11 is 0. The molecule has 0 aromatic carbocycles. The Balaban J connectivity index is 2.04. The second-order valence-electron chi connectivity index (χ2n) is 5.62. The van der Waals surface area contributed by atoms with E-state index in [1.807, 2.05) is 4.68 Å². The zero-order chi connectivity index (χ0) is 13.7. The van der Waals surface area contributed by atoms with E-state index in [1.54, 1.807) is 0 Å². The van der Waals surface area contributed by atoms with Crippen LogP contribution in [0.5, 0.6) is 0 Å². The van der Waals surface area contributed by atoms with Crippen molar-refractivity contribution in [2.45, 2.75) is 64.6 Å². The molecule has 0 unspecified atom stereocenters. The molecule has 0 radical (unpaired) electrons. The summed E-state index contributed by atoms with van der Waals surface area (Å²) in [4.78, 5) is 2.34. The maximum atomic E-state index is 9.27. The summed E-state index contributed by atoms with van der Waals surface area (Å²) in [7, 11) is 0.